The maximum atomic E-state index is 12.4. The van der Waals surface area contributed by atoms with Gasteiger partial charge in [0.2, 0.25) is 11.8 Å². The molecule has 0 aliphatic carbocycles. The molecule has 3 aromatic rings. The molecule has 0 fully saturated rings. The van der Waals surface area contributed by atoms with E-state index in [4.69, 9.17) is 4.52 Å². The molecule has 0 saturated heterocycles. The lowest BCUT2D eigenvalue weighted by Gasteiger charge is -2.05. The third kappa shape index (κ3) is 3.71. The average molecular weight is 358 g/mol. The Morgan fingerprint density at radius 2 is 2.04 bits per heavy atom. The van der Waals surface area contributed by atoms with E-state index in [1.54, 1.807) is 11.8 Å². The molecule has 2 heterocycles. The van der Waals surface area contributed by atoms with E-state index in [1.165, 1.54) is 11.1 Å². The number of carbonyl (C=O) groups is 1. The summed E-state index contributed by atoms with van der Waals surface area (Å²) >= 11 is 1.62. The van der Waals surface area contributed by atoms with E-state index in [9.17, 15) is 4.79 Å². The Morgan fingerprint density at radius 1 is 1.28 bits per heavy atom. The second kappa shape index (κ2) is 7.31. The van der Waals surface area contributed by atoms with Gasteiger partial charge in [0.1, 0.15) is 0 Å². The van der Waals surface area contributed by atoms with Crippen molar-refractivity contribution in [3.8, 4) is 0 Å². The zero-order valence-corrected chi connectivity index (χ0v) is 15.7. The van der Waals surface area contributed by atoms with Crippen LogP contribution in [-0.4, -0.2) is 27.3 Å². The fraction of sp³-hybridized carbons (Fsp3) is 0.389. The highest BCUT2D eigenvalue weighted by atomic mass is 32.2. The molecule has 0 aliphatic heterocycles. The van der Waals surface area contributed by atoms with E-state index < -0.39 is 0 Å². The van der Waals surface area contributed by atoms with Gasteiger partial charge in [-0.1, -0.05) is 17.3 Å². The van der Waals surface area contributed by atoms with Crippen LogP contribution in [0.4, 0.5) is 0 Å². The molecule has 0 spiro atoms. The summed E-state index contributed by atoms with van der Waals surface area (Å²) in [6.45, 7) is 6.40. The number of aromatic amines is 1. The van der Waals surface area contributed by atoms with Crippen LogP contribution in [0.1, 0.15) is 34.1 Å². The number of nitrogens with zero attached hydrogens (tertiary/aromatic N) is 2. The summed E-state index contributed by atoms with van der Waals surface area (Å²) in [5.41, 5.74) is 5.54. The number of carbonyl (C=O) groups excluding carboxylic acids is 1. The Balaban J connectivity index is 1.71. The molecule has 0 unspecified atom stereocenters. The average Bonchev–Trinajstić information content (AvgIpc) is 3.15. The minimum absolute atomic E-state index is 0.0606. The standard InChI is InChI=1S/C18H22N4O2S/c1-10-5-6-11(2)18-17(10)13(12(3)20-18)7-15(23)19-8-16-21-14(9-25-4)22-24-16/h5-6,20H,7-9H2,1-4H3,(H,19,23). The van der Waals surface area contributed by atoms with Gasteiger partial charge in [-0.05, 0) is 43.7 Å². The number of hydrogen-bond acceptors (Lipinski definition) is 5. The van der Waals surface area contributed by atoms with Crippen LogP contribution in [0.2, 0.25) is 0 Å². The van der Waals surface area contributed by atoms with Gasteiger partial charge in [0.15, 0.2) is 5.82 Å². The molecular weight excluding hydrogens is 336 g/mol. The molecule has 7 heteroatoms. The quantitative estimate of drug-likeness (QED) is 0.707. The summed E-state index contributed by atoms with van der Waals surface area (Å²) in [6.07, 6.45) is 2.30. The van der Waals surface area contributed by atoms with E-state index in [2.05, 4.69) is 46.4 Å². The van der Waals surface area contributed by atoms with Gasteiger partial charge in [-0.25, -0.2) is 0 Å². The molecule has 25 heavy (non-hydrogen) atoms. The van der Waals surface area contributed by atoms with Crippen molar-refractivity contribution in [3.05, 3.63) is 46.2 Å². The van der Waals surface area contributed by atoms with Crippen molar-refractivity contribution in [3.63, 3.8) is 0 Å². The third-order valence-electron chi connectivity index (χ3n) is 4.25. The Kier molecular flexibility index (Phi) is 5.13. The number of thioether (sulfide) groups is 1. The molecule has 0 radical (unpaired) electrons. The van der Waals surface area contributed by atoms with Crippen molar-refractivity contribution in [2.45, 2.75) is 39.5 Å². The van der Waals surface area contributed by atoms with Crippen molar-refractivity contribution < 1.29 is 9.32 Å². The summed E-state index contributed by atoms with van der Waals surface area (Å²) in [7, 11) is 0. The predicted octanol–water partition coefficient (Wildman–Crippen LogP) is 3.20. The van der Waals surface area contributed by atoms with Crippen LogP contribution in [0.5, 0.6) is 0 Å². The van der Waals surface area contributed by atoms with E-state index >= 15 is 0 Å². The molecule has 0 bridgehead atoms. The topological polar surface area (TPSA) is 83.8 Å². The number of amides is 1. The van der Waals surface area contributed by atoms with Gasteiger partial charge in [0, 0.05) is 16.6 Å². The molecule has 3 rings (SSSR count). The molecule has 6 nitrogen and oxygen atoms in total. The van der Waals surface area contributed by atoms with Gasteiger partial charge in [0.05, 0.1) is 18.7 Å². The zero-order valence-electron chi connectivity index (χ0n) is 14.9. The summed E-state index contributed by atoms with van der Waals surface area (Å²) in [6, 6.07) is 4.19. The Morgan fingerprint density at radius 3 is 2.80 bits per heavy atom. The number of hydrogen-bond donors (Lipinski definition) is 2. The normalized spacial score (nSPS) is 11.2. The summed E-state index contributed by atoms with van der Waals surface area (Å²) in [4.78, 5) is 20.0. The number of rotatable bonds is 6. The number of aromatic nitrogens is 3. The Bertz CT molecular complexity index is 913. The minimum atomic E-state index is -0.0606. The van der Waals surface area contributed by atoms with Gasteiger partial charge in [-0.2, -0.15) is 16.7 Å². The van der Waals surface area contributed by atoms with Crippen LogP contribution in [-0.2, 0) is 23.5 Å². The van der Waals surface area contributed by atoms with Crippen molar-refractivity contribution in [2.24, 2.45) is 0 Å². The van der Waals surface area contributed by atoms with Crippen LogP contribution < -0.4 is 5.32 Å². The predicted molar refractivity (Wildman–Crippen MR) is 99.6 cm³/mol. The van der Waals surface area contributed by atoms with Gasteiger partial charge in [-0.3, -0.25) is 4.79 Å². The summed E-state index contributed by atoms with van der Waals surface area (Å²) in [5, 5.41) is 7.88. The smallest absolute Gasteiger partial charge is 0.246 e. The van der Waals surface area contributed by atoms with E-state index in [0.29, 0.717) is 23.9 Å². The molecule has 2 aromatic heterocycles. The first kappa shape index (κ1) is 17.5. The zero-order chi connectivity index (χ0) is 18.0. The van der Waals surface area contributed by atoms with E-state index in [0.717, 1.165) is 22.2 Å². The monoisotopic (exact) mass is 358 g/mol. The molecule has 0 saturated carbocycles. The van der Waals surface area contributed by atoms with Crippen LogP contribution in [0.25, 0.3) is 10.9 Å². The van der Waals surface area contributed by atoms with Crippen molar-refractivity contribution >= 4 is 28.6 Å². The van der Waals surface area contributed by atoms with Gasteiger partial charge >= 0.3 is 0 Å². The second-order valence-electron chi connectivity index (χ2n) is 6.17. The fourth-order valence-corrected chi connectivity index (χ4v) is 3.35. The maximum Gasteiger partial charge on any atom is 0.246 e. The number of benzene rings is 1. The SMILES string of the molecule is CSCc1noc(CNC(=O)Cc2c(C)[nH]c3c(C)ccc(C)c23)n1. The Hall–Kier alpha value is -2.28. The first-order valence-corrected chi connectivity index (χ1v) is 9.53. The van der Waals surface area contributed by atoms with E-state index in [-0.39, 0.29) is 12.5 Å². The van der Waals surface area contributed by atoms with Crippen LogP contribution in [0.3, 0.4) is 0 Å². The molecular formula is C18H22N4O2S. The number of H-pyrrole nitrogens is 1. The highest BCUT2D eigenvalue weighted by Gasteiger charge is 2.16. The van der Waals surface area contributed by atoms with Crippen molar-refractivity contribution in [1.29, 1.82) is 0 Å². The first-order valence-electron chi connectivity index (χ1n) is 8.14. The second-order valence-corrected chi connectivity index (χ2v) is 7.03. The van der Waals surface area contributed by atoms with Gasteiger partial charge in [0.25, 0.3) is 0 Å². The largest absolute Gasteiger partial charge is 0.358 e. The maximum absolute atomic E-state index is 12.4. The fourth-order valence-electron chi connectivity index (χ4n) is 2.98. The number of fused-ring (bicyclic) bond motifs is 1. The van der Waals surface area contributed by atoms with Crippen LogP contribution >= 0.6 is 11.8 Å². The van der Waals surface area contributed by atoms with Crippen LogP contribution in [0, 0.1) is 20.8 Å². The van der Waals surface area contributed by atoms with Gasteiger partial charge in [-0.15, -0.1) is 0 Å². The molecule has 1 aromatic carbocycles. The van der Waals surface area contributed by atoms with E-state index in [1.807, 2.05) is 13.2 Å². The van der Waals surface area contributed by atoms with Crippen LogP contribution in [0.15, 0.2) is 16.7 Å². The highest BCUT2D eigenvalue weighted by Crippen LogP contribution is 2.28. The molecule has 1 amide bonds. The first-order chi connectivity index (χ1) is 12.0. The van der Waals surface area contributed by atoms with Crippen molar-refractivity contribution in [1.82, 2.24) is 20.4 Å². The lowest BCUT2D eigenvalue weighted by Crippen LogP contribution is -2.25. The minimum Gasteiger partial charge on any atom is -0.358 e. The lowest BCUT2D eigenvalue weighted by atomic mass is 10.0. The molecule has 132 valence electrons. The Labute approximate surface area is 150 Å². The lowest BCUT2D eigenvalue weighted by molar-refractivity contribution is -0.120. The highest BCUT2D eigenvalue weighted by molar-refractivity contribution is 7.97. The van der Waals surface area contributed by atoms with Crippen molar-refractivity contribution in [2.75, 3.05) is 6.26 Å². The third-order valence-corrected chi connectivity index (χ3v) is 4.79. The molecule has 0 aliphatic rings. The molecule has 2 N–H and O–H groups in total. The summed E-state index contributed by atoms with van der Waals surface area (Å²) < 4.78 is 5.14. The molecule has 0 atom stereocenters. The number of aryl methyl sites for hydroxylation is 3. The summed E-state index contributed by atoms with van der Waals surface area (Å²) in [5.74, 6) is 1.72. The number of nitrogens with one attached hydrogen (secondary N) is 2. The van der Waals surface area contributed by atoms with Gasteiger partial charge < -0.3 is 14.8 Å².